The first-order chi connectivity index (χ1) is 9.46. The van der Waals surface area contributed by atoms with Gasteiger partial charge in [-0.25, -0.2) is 0 Å². The van der Waals surface area contributed by atoms with Gasteiger partial charge in [0.2, 0.25) is 0 Å². The molecule has 1 aromatic carbocycles. The fourth-order valence-corrected chi connectivity index (χ4v) is 2.48. The van der Waals surface area contributed by atoms with Gasteiger partial charge < -0.3 is 0 Å². The highest BCUT2D eigenvalue weighted by Gasteiger charge is 2.65. The number of hydrogen-bond donors (Lipinski definition) is 1. The third-order valence-electron chi connectivity index (χ3n) is 1.88. The summed E-state index contributed by atoms with van der Waals surface area (Å²) in [6, 6.07) is 2.66. The molecule has 1 N–H and O–H groups in total. The molecular formula is C9H6F5N3O2S2. The van der Waals surface area contributed by atoms with Gasteiger partial charge in [0, 0.05) is 4.90 Å². The third kappa shape index (κ3) is 5.53. The molecule has 21 heavy (non-hydrogen) atoms. The second kappa shape index (κ2) is 5.13. The number of rotatable bonds is 3. The number of hydrogen-bond acceptors (Lipinski definition) is 5. The summed E-state index contributed by atoms with van der Waals surface area (Å²) in [5.41, 5.74) is 0. The second-order valence-electron chi connectivity index (χ2n) is 3.43. The molecule has 0 saturated carbocycles. The van der Waals surface area contributed by atoms with Crippen molar-refractivity contribution in [1.82, 2.24) is 15.4 Å². The predicted molar refractivity (Wildman–Crippen MR) is 63.4 cm³/mol. The van der Waals surface area contributed by atoms with E-state index in [1.807, 2.05) is 0 Å². The zero-order valence-electron chi connectivity index (χ0n) is 9.80. The van der Waals surface area contributed by atoms with Crippen molar-refractivity contribution in [3.63, 3.8) is 0 Å². The SMILES string of the molecule is FS(F)(F)(F)(F)c1ccc(Sc2cn[nH]n2)cc1.O=C=O. The molecule has 116 valence electrons. The average molecular weight is 347 g/mol. The van der Waals surface area contributed by atoms with Gasteiger partial charge in [-0.05, 0) is 24.3 Å². The highest BCUT2D eigenvalue weighted by atomic mass is 32.5. The van der Waals surface area contributed by atoms with Crippen LogP contribution in [0.5, 0.6) is 0 Å². The van der Waals surface area contributed by atoms with E-state index >= 15 is 0 Å². The maximum absolute atomic E-state index is 12.4. The smallest absolute Gasteiger partial charge is 0.197 e. The van der Waals surface area contributed by atoms with Crippen LogP contribution < -0.4 is 0 Å². The first-order valence-electron chi connectivity index (χ1n) is 4.83. The molecule has 1 heterocycles. The van der Waals surface area contributed by atoms with Gasteiger partial charge in [-0.2, -0.15) is 19.9 Å². The van der Waals surface area contributed by atoms with Gasteiger partial charge in [0.15, 0.2) is 0 Å². The van der Waals surface area contributed by atoms with E-state index in [1.165, 1.54) is 6.20 Å². The van der Waals surface area contributed by atoms with E-state index in [9.17, 15) is 19.4 Å². The Hall–Kier alpha value is -1.91. The van der Waals surface area contributed by atoms with Gasteiger partial charge >= 0.3 is 16.4 Å². The van der Waals surface area contributed by atoms with Crippen molar-refractivity contribution < 1.29 is 29.0 Å². The van der Waals surface area contributed by atoms with E-state index in [2.05, 4.69) is 15.4 Å². The summed E-state index contributed by atoms with van der Waals surface area (Å²) in [5, 5.41) is 9.93. The zero-order chi connectivity index (χ0) is 16.2. The zero-order valence-corrected chi connectivity index (χ0v) is 11.4. The van der Waals surface area contributed by atoms with Crippen LogP contribution in [0.3, 0.4) is 0 Å². The molecule has 0 saturated heterocycles. The van der Waals surface area contributed by atoms with Crippen LogP contribution in [0.1, 0.15) is 0 Å². The molecule has 0 unspecified atom stereocenters. The van der Waals surface area contributed by atoms with Crippen LogP contribution in [-0.4, -0.2) is 21.6 Å². The normalized spacial score (nSPS) is 14.1. The molecule has 0 aliphatic heterocycles. The molecule has 1 aromatic heterocycles. The summed E-state index contributed by atoms with van der Waals surface area (Å²) < 4.78 is 62.1. The van der Waals surface area contributed by atoms with Crippen molar-refractivity contribution in [3.05, 3.63) is 30.5 Å². The van der Waals surface area contributed by atoms with Crippen LogP contribution in [0.4, 0.5) is 19.4 Å². The number of halogens is 5. The summed E-state index contributed by atoms with van der Waals surface area (Å²) in [6.45, 7) is 0. The number of nitrogens with zero attached hydrogens (tertiary/aromatic N) is 2. The predicted octanol–water partition coefficient (Wildman–Crippen LogP) is 4.03. The van der Waals surface area contributed by atoms with Gasteiger partial charge in [-0.3, -0.25) is 0 Å². The lowest BCUT2D eigenvalue weighted by Crippen LogP contribution is -2.05. The molecule has 0 spiro atoms. The Labute approximate surface area is 118 Å². The highest BCUT2D eigenvalue weighted by molar-refractivity contribution is 8.45. The van der Waals surface area contributed by atoms with Crippen LogP contribution in [0.2, 0.25) is 0 Å². The molecule has 0 aliphatic rings. The number of H-pyrrole nitrogens is 1. The lowest BCUT2D eigenvalue weighted by atomic mass is 10.4. The molecular weight excluding hydrogens is 341 g/mol. The van der Waals surface area contributed by atoms with Gasteiger partial charge in [0.1, 0.15) is 9.92 Å². The summed E-state index contributed by atoms with van der Waals surface area (Å²) >= 11 is 1.01. The van der Waals surface area contributed by atoms with E-state index < -0.39 is 15.1 Å². The molecule has 0 radical (unpaired) electrons. The Bertz CT molecular complexity index is 636. The van der Waals surface area contributed by atoms with Gasteiger partial charge in [-0.15, -0.1) is 5.10 Å². The Morgan fingerprint density at radius 2 is 1.57 bits per heavy atom. The summed E-state index contributed by atoms with van der Waals surface area (Å²) in [4.78, 5) is 14.7. The Kier molecular flexibility index (Phi) is 4.19. The van der Waals surface area contributed by atoms with Crippen LogP contribution in [0.15, 0.2) is 45.3 Å². The number of benzene rings is 1. The number of carbonyl (C=O) groups excluding carboxylic acids is 2. The molecule has 0 amide bonds. The quantitative estimate of drug-likeness (QED) is 0.849. The van der Waals surface area contributed by atoms with E-state index in [-0.39, 0.29) is 6.15 Å². The minimum atomic E-state index is -9.58. The van der Waals surface area contributed by atoms with E-state index in [1.54, 1.807) is 0 Å². The molecule has 5 nitrogen and oxygen atoms in total. The maximum Gasteiger partial charge on any atom is 0.373 e. The van der Waals surface area contributed by atoms with E-state index in [0.29, 0.717) is 22.1 Å². The second-order valence-corrected chi connectivity index (χ2v) is 6.94. The molecule has 12 heteroatoms. The van der Waals surface area contributed by atoms with Crippen molar-refractivity contribution in [3.8, 4) is 0 Å². The van der Waals surface area contributed by atoms with Gasteiger partial charge in [-0.1, -0.05) is 31.2 Å². The fraction of sp³-hybridized carbons (Fsp3) is 0. The number of aromatic amines is 1. The Morgan fingerprint density at radius 1 is 1.05 bits per heavy atom. The van der Waals surface area contributed by atoms with Crippen LogP contribution >= 0.6 is 22.0 Å². The van der Waals surface area contributed by atoms with Crippen molar-refractivity contribution in [2.24, 2.45) is 0 Å². The Balaban J connectivity index is 0.000000677. The minimum Gasteiger partial charge on any atom is -0.197 e. The van der Waals surface area contributed by atoms with Gasteiger partial charge in [0.25, 0.3) is 0 Å². The highest BCUT2D eigenvalue weighted by Crippen LogP contribution is 3.02. The summed E-state index contributed by atoms with van der Waals surface area (Å²) in [6.07, 6.45) is 1.61. The summed E-state index contributed by atoms with van der Waals surface area (Å²) in [5.74, 6) is 0. The Morgan fingerprint density at radius 3 is 1.95 bits per heavy atom. The average Bonchev–Trinajstić information content (AvgIpc) is 2.80. The molecule has 2 aromatic rings. The number of nitrogens with one attached hydrogen (secondary N) is 1. The van der Waals surface area contributed by atoms with Crippen molar-refractivity contribution in [2.45, 2.75) is 14.8 Å². The minimum absolute atomic E-state index is 0.250. The first-order valence-corrected chi connectivity index (χ1v) is 7.60. The maximum atomic E-state index is 12.4. The van der Waals surface area contributed by atoms with Crippen molar-refractivity contribution in [2.75, 3.05) is 0 Å². The monoisotopic (exact) mass is 347 g/mol. The topological polar surface area (TPSA) is 75.7 Å². The van der Waals surface area contributed by atoms with Crippen molar-refractivity contribution in [1.29, 1.82) is 0 Å². The lowest BCUT2D eigenvalue weighted by molar-refractivity contribution is -0.191. The molecule has 0 aliphatic carbocycles. The van der Waals surface area contributed by atoms with Gasteiger partial charge in [0.05, 0.1) is 6.20 Å². The van der Waals surface area contributed by atoms with Crippen LogP contribution in [0.25, 0.3) is 0 Å². The number of aromatic nitrogens is 3. The fourth-order valence-electron chi connectivity index (χ4n) is 1.13. The van der Waals surface area contributed by atoms with E-state index in [0.717, 1.165) is 23.9 Å². The third-order valence-corrected chi connectivity index (χ3v) is 3.96. The summed E-state index contributed by atoms with van der Waals surface area (Å²) in [7, 11) is -9.58. The standard InChI is InChI=1S/C8H6F5N3S2.CO2/c9-18(10,11,12,13)7-3-1-6(2-4-7)17-8-5-14-16-15-8;2-1-3/h1-5H,(H,14,15,16);. The molecule has 0 atom stereocenters. The molecule has 2 rings (SSSR count). The largest absolute Gasteiger partial charge is 0.373 e. The van der Waals surface area contributed by atoms with Crippen LogP contribution in [-0.2, 0) is 9.59 Å². The molecule has 0 bridgehead atoms. The molecule has 0 fully saturated rings. The van der Waals surface area contributed by atoms with E-state index in [4.69, 9.17) is 9.59 Å². The first kappa shape index (κ1) is 17.1. The lowest BCUT2D eigenvalue weighted by Gasteiger charge is -2.40. The van der Waals surface area contributed by atoms with Crippen molar-refractivity contribution >= 4 is 28.1 Å². The van der Waals surface area contributed by atoms with Crippen LogP contribution in [0, 0.1) is 0 Å².